The molecule has 8 heteroatoms. The summed E-state index contributed by atoms with van der Waals surface area (Å²) >= 11 is 0. The molecule has 1 atom stereocenters. The molecule has 0 bridgehead atoms. The first-order valence-corrected chi connectivity index (χ1v) is 9.92. The number of benzene rings is 2. The molecule has 4 rings (SSSR count). The molecule has 0 radical (unpaired) electrons. The molecule has 1 aliphatic rings. The average molecular weight is 417 g/mol. The van der Waals surface area contributed by atoms with Crippen LogP contribution in [-0.4, -0.2) is 42.2 Å². The van der Waals surface area contributed by atoms with Gasteiger partial charge >= 0.3 is 0 Å². The number of nitrogens with one attached hydrogen (secondary N) is 1. The van der Waals surface area contributed by atoms with Crippen LogP contribution in [0.15, 0.2) is 42.7 Å². The molecule has 3 N–H and O–H groups in total. The maximum absolute atomic E-state index is 11.9. The minimum atomic E-state index is -0.358. The van der Waals surface area contributed by atoms with Crippen LogP contribution >= 0.6 is 0 Å². The van der Waals surface area contributed by atoms with Gasteiger partial charge < -0.3 is 25.4 Å². The predicted octanol–water partition coefficient (Wildman–Crippen LogP) is 2.85. The SMILES string of the molecule is C#CCOc1ccc(Nc2ncnc3cc(OC)c(N4CCCC4C(N)=O)cc23)cc1. The summed E-state index contributed by atoms with van der Waals surface area (Å²) in [7, 11) is 1.60. The molecule has 1 saturated heterocycles. The van der Waals surface area contributed by atoms with E-state index in [4.69, 9.17) is 21.6 Å². The van der Waals surface area contributed by atoms with Crippen molar-refractivity contribution >= 4 is 34.0 Å². The zero-order valence-corrected chi connectivity index (χ0v) is 17.2. The molecule has 31 heavy (non-hydrogen) atoms. The van der Waals surface area contributed by atoms with E-state index < -0.39 is 0 Å². The molecule has 1 aliphatic heterocycles. The van der Waals surface area contributed by atoms with E-state index in [-0.39, 0.29) is 18.6 Å². The Bertz CT molecular complexity index is 1140. The van der Waals surface area contributed by atoms with Crippen molar-refractivity contribution < 1.29 is 14.3 Å². The van der Waals surface area contributed by atoms with E-state index in [0.29, 0.717) is 17.3 Å². The van der Waals surface area contributed by atoms with Crippen molar-refractivity contribution in [1.82, 2.24) is 9.97 Å². The number of amides is 1. The fourth-order valence-electron chi connectivity index (χ4n) is 3.81. The Morgan fingerprint density at radius 2 is 2.13 bits per heavy atom. The molecule has 0 aliphatic carbocycles. The third-order valence-electron chi connectivity index (χ3n) is 5.27. The monoisotopic (exact) mass is 417 g/mol. The minimum absolute atomic E-state index is 0.219. The van der Waals surface area contributed by atoms with Crippen molar-refractivity contribution in [2.75, 3.05) is 30.5 Å². The first-order chi connectivity index (χ1) is 15.1. The summed E-state index contributed by atoms with van der Waals surface area (Å²) in [5.74, 6) is 4.07. The topological polar surface area (TPSA) is 103 Å². The molecular formula is C23H23N5O3. The highest BCUT2D eigenvalue weighted by molar-refractivity contribution is 5.96. The van der Waals surface area contributed by atoms with Crippen LogP contribution < -0.4 is 25.4 Å². The summed E-state index contributed by atoms with van der Waals surface area (Å²) in [6.45, 7) is 0.946. The molecule has 1 aromatic heterocycles. The van der Waals surface area contributed by atoms with Gasteiger partial charge in [-0.15, -0.1) is 6.42 Å². The maximum Gasteiger partial charge on any atom is 0.240 e. The van der Waals surface area contributed by atoms with Crippen molar-refractivity contribution in [3.63, 3.8) is 0 Å². The summed E-state index contributed by atoms with van der Waals surface area (Å²) in [5.41, 5.74) is 7.98. The second kappa shape index (κ2) is 8.79. The number of methoxy groups -OCH3 is 1. The predicted molar refractivity (Wildman–Crippen MR) is 120 cm³/mol. The molecule has 1 fully saturated rings. The Morgan fingerprint density at radius 3 is 2.84 bits per heavy atom. The van der Waals surface area contributed by atoms with Crippen LogP contribution in [0, 0.1) is 12.3 Å². The number of hydrogen-bond acceptors (Lipinski definition) is 7. The van der Waals surface area contributed by atoms with Crippen molar-refractivity contribution in [1.29, 1.82) is 0 Å². The third-order valence-corrected chi connectivity index (χ3v) is 5.27. The second-order valence-electron chi connectivity index (χ2n) is 7.16. The molecule has 3 aromatic rings. The number of primary amides is 1. The van der Waals surface area contributed by atoms with Crippen LogP contribution in [0.4, 0.5) is 17.2 Å². The van der Waals surface area contributed by atoms with Crippen molar-refractivity contribution in [2.45, 2.75) is 18.9 Å². The van der Waals surface area contributed by atoms with Gasteiger partial charge in [-0.05, 0) is 43.2 Å². The van der Waals surface area contributed by atoms with Crippen LogP contribution in [-0.2, 0) is 4.79 Å². The zero-order valence-electron chi connectivity index (χ0n) is 17.2. The normalized spacial score (nSPS) is 15.5. The van der Waals surface area contributed by atoms with E-state index >= 15 is 0 Å². The number of carbonyl (C=O) groups excluding carboxylic acids is 1. The van der Waals surface area contributed by atoms with Crippen LogP contribution in [0.1, 0.15) is 12.8 Å². The fraction of sp³-hybridized carbons (Fsp3) is 0.261. The van der Waals surface area contributed by atoms with Crippen molar-refractivity contribution in [2.24, 2.45) is 5.73 Å². The highest BCUT2D eigenvalue weighted by Crippen LogP contribution is 2.38. The van der Waals surface area contributed by atoms with Gasteiger partial charge in [-0.25, -0.2) is 9.97 Å². The van der Waals surface area contributed by atoms with E-state index in [1.54, 1.807) is 7.11 Å². The minimum Gasteiger partial charge on any atom is -0.495 e. The van der Waals surface area contributed by atoms with Crippen LogP contribution in [0.2, 0.25) is 0 Å². The lowest BCUT2D eigenvalue weighted by atomic mass is 10.1. The van der Waals surface area contributed by atoms with E-state index in [1.165, 1.54) is 6.33 Å². The molecule has 1 unspecified atom stereocenters. The van der Waals surface area contributed by atoms with E-state index in [2.05, 4.69) is 21.2 Å². The highest BCUT2D eigenvalue weighted by Gasteiger charge is 2.31. The van der Waals surface area contributed by atoms with Gasteiger partial charge in [-0.1, -0.05) is 5.92 Å². The number of nitrogens with zero attached hydrogens (tertiary/aromatic N) is 3. The van der Waals surface area contributed by atoms with Gasteiger partial charge in [-0.2, -0.15) is 0 Å². The molecule has 0 spiro atoms. The Hall–Kier alpha value is -3.99. The van der Waals surface area contributed by atoms with Gasteiger partial charge in [0.2, 0.25) is 5.91 Å². The number of hydrogen-bond donors (Lipinski definition) is 2. The number of nitrogens with two attached hydrogens (primary N) is 1. The quantitative estimate of drug-likeness (QED) is 0.570. The van der Waals surface area contributed by atoms with Gasteiger partial charge in [0.05, 0.1) is 18.3 Å². The lowest BCUT2D eigenvalue weighted by Crippen LogP contribution is -2.40. The Balaban J connectivity index is 1.70. The Morgan fingerprint density at radius 1 is 1.32 bits per heavy atom. The van der Waals surface area contributed by atoms with Crippen molar-refractivity contribution in [3.05, 3.63) is 42.7 Å². The largest absolute Gasteiger partial charge is 0.495 e. The van der Waals surface area contributed by atoms with Crippen LogP contribution in [0.3, 0.4) is 0 Å². The molecule has 2 heterocycles. The number of anilines is 3. The van der Waals surface area contributed by atoms with Gasteiger partial charge in [0.15, 0.2) is 0 Å². The number of ether oxygens (including phenoxy) is 2. The number of rotatable bonds is 7. The zero-order chi connectivity index (χ0) is 21.8. The lowest BCUT2D eigenvalue weighted by molar-refractivity contribution is -0.119. The smallest absolute Gasteiger partial charge is 0.240 e. The third kappa shape index (κ3) is 4.16. The summed E-state index contributed by atoms with van der Waals surface area (Å²) in [6, 6.07) is 10.9. The first kappa shape index (κ1) is 20.3. The van der Waals surface area contributed by atoms with E-state index in [0.717, 1.165) is 41.7 Å². The number of aromatic nitrogens is 2. The maximum atomic E-state index is 11.9. The van der Waals surface area contributed by atoms with E-state index in [1.807, 2.05) is 41.3 Å². The van der Waals surface area contributed by atoms with Crippen LogP contribution in [0.25, 0.3) is 10.9 Å². The van der Waals surface area contributed by atoms with Crippen LogP contribution in [0.5, 0.6) is 11.5 Å². The summed E-state index contributed by atoms with van der Waals surface area (Å²) in [6.07, 6.45) is 8.33. The fourth-order valence-corrected chi connectivity index (χ4v) is 3.81. The van der Waals surface area contributed by atoms with Gasteiger partial charge in [0.1, 0.15) is 36.3 Å². The van der Waals surface area contributed by atoms with Gasteiger partial charge in [0.25, 0.3) is 0 Å². The molecular weight excluding hydrogens is 394 g/mol. The first-order valence-electron chi connectivity index (χ1n) is 9.92. The molecule has 0 saturated carbocycles. The molecule has 2 aromatic carbocycles. The highest BCUT2D eigenvalue weighted by atomic mass is 16.5. The average Bonchev–Trinajstić information content (AvgIpc) is 3.28. The Kier molecular flexibility index (Phi) is 5.76. The van der Waals surface area contributed by atoms with Gasteiger partial charge in [-0.3, -0.25) is 4.79 Å². The van der Waals surface area contributed by atoms with E-state index in [9.17, 15) is 4.79 Å². The lowest BCUT2D eigenvalue weighted by Gasteiger charge is -2.26. The summed E-state index contributed by atoms with van der Waals surface area (Å²) in [4.78, 5) is 22.7. The molecule has 1 amide bonds. The summed E-state index contributed by atoms with van der Waals surface area (Å²) in [5, 5.41) is 4.13. The molecule has 8 nitrogen and oxygen atoms in total. The Labute approximate surface area is 180 Å². The van der Waals surface area contributed by atoms with Crippen molar-refractivity contribution in [3.8, 4) is 23.8 Å². The number of terminal acetylenes is 1. The number of carbonyl (C=O) groups is 1. The standard InChI is InChI=1S/C23H23N5O3/c1-3-11-31-16-8-6-15(7-9-16)27-23-17-12-20(28-10-4-5-19(28)22(24)29)21(30-2)13-18(17)25-14-26-23/h1,6-9,12-14,19H,4-5,10-11H2,2H3,(H2,24,29)(H,25,26,27). The number of fused-ring (bicyclic) bond motifs is 1. The summed E-state index contributed by atoms with van der Waals surface area (Å²) < 4.78 is 11.0. The second-order valence-corrected chi connectivity index (χ2v) is 7.16. The van der Waals surface area contributed by atoms with Gasteiger partial charge in [0, 0.05) is 23.7 Å². The molecule has 158 valence electrons.